The van der Waals surface area contributed by atoms with Crippen LogP contribution >= 0.6 is 0 Å². The van der Waals surface area contributed by atoms with Crippen LogP contribution in [0.3, 0.4) is 0 Å². The normalized spacial score (nSPS) is 10.6. The third-order valence-electron chi connectivity index (χ3n) is 3.04. The number of unbranched alkanes of at least 4 members (excludes halogenated alkanes) is 3. The molecule has 0 unspecified atom stereocenters. The van der Waals surface area contributed by atoms with Gasteiger partial charge in [0, 0.05) is 0 Å². The highest BCUT2D eigenvalue weighted by Gasteiger charge is 2.03. The minimum Gasteiger partial charge on any atom is -0.494 e. The second-order valence-corrected chi connectivity index (χ2v) is 4.77. The molecule has 2 heteroatoms. The van der Waals surface area contributed by atoms with E-state index in [0.29, 0.717) is 5.76 Å². The molecule has 0 aliphatic rings. The molecule has 0 rings (SSSR count). The quantitative estimate of drug-likeness (QED) is 0.274. The van der Waals surface area contributed by atoms with Crippen LogP contribution in [-0.2, 0) is 4.74 Å². The molecular weight excluding hydrogens is 222 g/mol. The minimum atomic E-state index is 0.684. The molecule has 0 aromatic heterocycles. The molecule has 0 spiro atoms. The van der Waals surface area contributed by atoms with Gasteiger partial charge in [0.05, 0.1) is 6.61 Å². The molecule has 0 saturated carbocycles. The van der Waals surface area contributed by atoms with Gasteiger partial charge in [0.1, 0.15) is 5.76 Å². The molecule has 0 heterocycles. The Morgan fingerprint density at radius 3 is 2.06 bits per heavy atom. The Bertz CT molecular complexity index is 205. The van der Waals surface area contributed by atoms with E-state index in [4.69, 9.17) is 4.74 Å². The topological polar surface area (TPSA) is 12.5 Å². The fraction of sp³-hybridized carbons (Fsp3) is 0.750. The summed E-state index contributed by atoms with van der Waals surface area (Å²) in [6.45, 7) is 16.3. The lowest BCUT2D eigenvalue weighted by Gasteiger charge is -2.21. The van der Waals surface area contributed by atoms with Gasteiger partial charge < -0.3 is 9.64 Å². The lowest BCUT2D eigenvalue weighted by molar-refractivity contribution is 0.204. The van der Waals surface area contributed by atoms with E-state index < -0.39 is 0 Å². The predicted molar refractivity (Wildman–Crippen MR) is 80.8 cm³/mol. The smallest absolute Gasteiger partial charge is 0.111 e. The van der Waals surface area contributed by atoms with Crippen molar-refractivity contribution in [2.75, 3.05) is 26.2 Å². The molecule has 0 aliphatic heterocycles. The summed E-state index contributed by atoms with van der Waals surface area (Å²) in [6, 6.07) is 0. The summed E-state index contributed by atoms with van der Waals surface area (Å²) in [5.74, 6) is 0.684. The third-order valence-corrected chi connectivity index (χ3v) is 3.04. The fourth-order valence-corrected chi connectivity index (χ4v) is 1.80. The first kappa shape index (κ1) is 17.2. The molecule has 0 amide bonds. The Kier molecular flexibility index (Phi) is 12.2. The van der Waals surface area contributed by atoms with Crippen molar-refractivity contribution in [3.8, 4) is 0 Å². The zero-order chi connectivity index (χ0) is 13.6. The molecule has 0 aromatic carbocycles. The summed E-state index contributed by atoms with van der Waals surface area (Å²) in [7, 11) is 0. The summed E-state index contributed by atoms with van der Waals surface area (Å²) < 4.78 is 5.40. The van der Waals surface area contributed by atoms with E-state index in [0.717, 1.165) is 13.0 Å². The maximum absolute atomic E-state index is 5.40. The van der Waals surface area contributed by atoms with Crippen molar-refractivity contribution in [1.29, 1.82) is 0 Å². The highest BCUT2D eigenvalue weighted by Crippen LogP contribution is 2.03. The Morgan fingerprint density at radius 1 is 1.00 bits per heavy atom. The third kappa shape index (κ3) is 10.4. The number of nitrogens with zero attached hydrogens (tertiary/aromatic N) is 1. The highest BCUT2D eigenvalue weighted by atomic mass is 16.5. The van der Waals surface area contributed by atoms with Gasteiger partial charge in [-0.2, -0.15) is 0 Å². The van der Waals surface area contributed by atoms with E-state index in [2.05, 4.69) is 31.9 Å². The van der Waals surface area contributed by atoms with E-state index in [9.17, 15) is 0 Å². The van der Waals surface area contributed by atoms with E-state index in [1.165, 1.54) is 51.7 Å². The monoisotopic (exact) mass is 253 g/mol. The molecule has 0 fully saturated rings. The molecule has 0 saturated heterocycles. The van der Waals surface area contributed by atoms with Crippen molar-refractivity contribution < 1.29 is 4.74 Å². The Hall–Kier alpha value is -0.760. The Balaban J connectivity index is 3.60. The van der Waals surface area contributed by atoms with Crippen molar-refractivity contribution >= 4 is 0 Å². The Labute approximate surface area is 114 Å². The van der Waals surface area contributed by atoms with Crippen LogP contribution in [0, 0.1) is 0 Å². The molecule has 106 valence electrons. The summed E-state index contributed by atoms with van der Waals surface area (Å²) in [4.78, 5) is 2.59. The molecule has 0 radical (unpaired) electrons. The molecule has 0 bridgehead atoms. The zero-order valence-electron chi connectivity index (χ0n) is 12.4. The molecule has 2 nitrogen and oxygen atoms in total. The number of hydrogen-bond acceptors (Lipinski definition) is 2. The number of rotatable bonds is 13. The number of ether oxygens (including phenoxy) is 1. The van der Waals surface area contributed by atoms with Gasteiger partial charge in [-0.15, -0.1) is 0 Å². The number of hydrogen-bond donors (Lipinski definition) is 0. The average molecular weight is 253 g/mol. The van der Waals surface area contributed by atoms with Crippen molar-refractivity contribution in [2.24, 2.45) is 0 Å². The lowest BCUT2D eigenvalue weighted by Crippen LogP contribution is -2.27. The summed E-state index contributed by atoms with van der Waals surface area (Å²) >= 11 is 0. The first-order valence-electron chi connectivity index (χ1n) is 7.41. The van der Waals surface area contributed by atoms with E-state index in [1.54, 1.807) is 6.08 Å². The predicted octanol–water partition coefficient (Wildman–Crippen LogP) is 4.39. The van der Waals surface area contributed by atoms with Crippen LogP contribution in [0.4, 0.5) is 0 Å². The van der Waals surface area contributed by atoms with Crippen LogP contribution < -0.4 is 0 Å². The van der Waals surface area contributed by atoms with Crippen LogP contribution in [0.1, 0.15) is 52.4 Å². The average Bonchev–Trinajstić information content (AvgIpc) is 2.40. The standard InChI is InChI=1S/C16H31NO/c1-5-8-12-17(13-9-6-2)14-10-11-15-18-16(4)7-3/h7H,3-6,8-15H2,1-2H3. The van der Waals surface area contributed by atoms with Crippen molar-refractivity contribution in [1.82, 2.24) is 4.90 Å². The van der Waals surface area contributed by atoms with Crippen LogP contribution in [0.15, 0.2) is 25.0 Å². The van der Waals surface area contributed by atoms with Crippen LogP contribution in [0.2, 0.25) is 0 Å². The summed E-state index contributed by atoms with van der Waals surface area (Å²) in [6.07, 6.45) is 9.16. The van der Waals surface area contributed by atoms with Crippen LogP contribution in [0.25, 0.3) is 0 Å². The van der Waals surface area contributed by atoms with Crippen molar-refractivity contribution in [3.05, 3.63) is 25.0 Å². The van der Waals surface area contributed by atoms with Gasteiger partial charge in [0.2, 0.25) is 0 Å². The van der Waals surface area contributed by atoms with Gasteiger partial charge >= 0.3 is 0 Å². The maximum Gasteiger partial charge on any atom is 0.111 e. The second kappa shape index (κ2) is 12.7. The van der Waals surface area contributed by atoms with E-state index in [1.807, 2.05) is 0 Å². The molecular formula is C16H31NO. The fourth-order valence-electron chi connectivity index (χ4n) is 1.80. The molecule has 0 N–H and O–H groups in total. The van der Waals surface area contributed by atoms with Gasteiger partial charge in [-0.1, -0.05) is 39.8 Å². The largest absolute Gasteiger partial charge is 0.494 e. The minimum absolute atomic E-state index is 0.684. The molecule has 0 aromatic rings. The summed E-state index contributed by atoms with van der Waals surface area (Å²) in [5.41, 5.74) is 0. The molecule has 18 heavy (non-hydrogen) atoms. The van der Waals surface area contributed by atoms with Crippen LogP contribution in [0.5, 0.6) is 0 Å². The highest BCUT2D eigenvalue weighted by molar-refractivity contribution is 5.01. The first-order valence-corrected chi connectivity index (χ1v) is 7.41. The molecule has 0 atom stereocenters. The maximum atomic E-state index is 5.40. The van der Waals surface area contributed by atoms with Gasteiger partial charge in [0.25, 0.3) is 0 Å². The van der Waals surface area contributed by atoms with Gasteiger partial charge in [-0.3, -0.25) is 0 Å². The van der Waals surface area contributed by atoms with Gasteiger partial charge in [-0.25, -0.2) is 0 Å². The molecule has 0 aliphatic carbocycles. The van der Waals surface area contributed by atoms with Crippen molar-refractivity contribution in [2.45, 2.75) is 52.4 Å². The SMILES string of the molecule is C=CC(=C)OCCCCN(CCCC)CCCC. The van der Waals surface area contributed by atoms with E-state index in [-0.39, 0.29) is 0 Å². The van der Waals surface area contributed by atoms with Crippen LogP contribution in [-0.4, -0.2) is 31.1 Å². The zero-order valence-corrected chi connectivity index (χ0v) is 12.4. The lowest BCUT2D eigenvalue weighted by atomic mass is 10.2. The van der Waals surface area contributed by atoms with Crippen molar-refractivity contribution in [3.63, 3.8) is 0 Å². The summed E-state index contributed by atoms with van der Waals surface area (Å²) in [5, 5.41) is 0. The first-order chi connectivity index (χ1) is 8.74. The number of allylic oxidation sites excluding steroid dienone is 1. The van der Waals surface area contributed by atoms with Gasteiger partial charge in [-0.05, 0) is 51.4 Å². The van der Waals surface area contributed by atoms with E-state index >= 15 is 0 Å². The second-order valence-electron chi connectivity index (χ2n) is 4.77. The van der Waals surface area contributed by atoms with Gasteiger partial charge in [0.15, 0.2) is 0 Å². The Morgan fingerprint density at radius 2 is 1.56 bits per heavy atom.